The number of ether oxygens (including phenoxy) is 3. The number of carbonyl (C=O) groups is 2. The molecule has 3 aromatic rings. The van der Waals surface area contributed by atoms with Gasteiger partial charge in [0.1, 0.15) is 11.5 Å². The highest BCUT2D eigenvalue weighted by molar-refractivity contribution is 6.38. The normalized spacial score (nSPS) is 11.1. The molecule has 0 radical (unpaired) electrons. The van der Waals surface area contributed by atoms with Gasteiger partial charge in [0.05, 0.1) is 19.4 Å². The minimum atomic E-state index is -4.79. The molecule has 0 saturated carbocycles. The molecule has 0 atom stereocenters. The van der Waals surface area contributed by atoms with Crippen LogP contribution in [0, 0.1) is 0 Å². The van der Waals surface area contributed by atoms with Crippen molar-refractivity contribution in [2.24, 2.45) is 0 Å². The van der Waals surface area contributed by atoms with Crippen molar-refractivity contribution in [3.8, 4) is 22.6 Å². The fraction of sp³-hybridized carbons (Fsp3) is 0.310. The quantitative estimate of drug-likeness (QED) is 0.160. The predicted molar refractivity (Wildman–Crippen MR) is 138 cm³/mol. The molecule has 0 unspecified atom stereocenters. The minimum Gasteiger partial charge on any atom is -0.491 e. The van der Waals surface area contributed by atoms with E-state index in [1.54, 1.807) is 18.2 Å². The molecule has 0 aliphatic rings. The lowest BCUT2D eigenvalue weighted by Crippen LogP contribution is -2.38. The molecule has 0 aliphatic heterocycles. The molecule has 9 heteroatoms. The van der Waals surface area contributed by atoms with E-state index < -0.39 is 18.2 Å². The van der Waals surface area contributed by atoms with Gasteiger partial charge in [-0.15, -0.1) is 13.2 Å². The number of unbranched alkanes of at least 4 members (excludes halogenated alkanes) is 1. The van der Waals surface area contributed by atoms with Crippen molar-refractivity contribution < 1.29 is 37.0 Å². The second-order valence-electron chi connectivity index (χ2n) is 8.49. The minimum absolute atomic E-state index is 0.241. The van der Waals surface area contributed by atoms with E-state index in [2.05, 4.69) is 4.74 Å². The van der Waals surface area contributed by atoms with E-state index in [-0.39, 0.29) is 12.3 Å². The number of nitrogens with zero attached hydrogens (tertiary/aromatic N) is 1. The van der Waals surface area contributed by atoms with Crippen LogP contribution >= 0.6 is 0 Å². The lowest BCUT2D eigenvalue weighted by molar-refractivity contribution is -0.274. The lowest BCUT2D eigenvalue weighted by Gasteiger charge is -2.25. The number of methoxy groups -OCH3 is 1. The summed E-state index contributed by atoms with van der Waals surface area (Å²) in [5, 5.41) is 0. The average molecular weight is 530 g/mol. The zero-order valence-corrected chi connectivity index (χ0v) is 21.3. The summed E-state index contributed by atoms with van der Waals surface area (Å²) in [6, 6.07) is 20.4. The predicted octanol–water partition coefficient (Wildman–Crippen LogP) is 6.57. The number of halogens is 3. The number of rotatable bonds is 11. The van der Waals surface area contributed by atoms with Crippen LogP contribution in [0.5, 0.6) is 11.5 Å². The Morgan fingerprint density at radius 3 is 2.21 bits per heavy atom. The molecule has 0 spiro atoms. The van der Waals surface area contributed by atoms with Crippen LogP contribution in [0.4, 0.5) is 18.9 Å². The molecular weight excluding hydrogens is 499 g/mol. The van der Waals surface area contributed by atoms with Gasteiger partial charge < -0.3 is 14.2 Å². The standard InChI is InChI=1S/C29H30F3NO5/c1-3-19-37-26-17-14-23(22-12-15-24(16-13-22)38-29(30,31)32)20-25(26)33(27(34)28(35)36-2)18-8-7-11-21-9-5-4-6-10-21/h4-6,9-10,12-17,20H,3,7-8,11,18-19H2,1-2H3. The Labute approximate surface area is 219 Å². The third kappa shape index (κ3) is 8.26. The first kappa shape index (κ1) is 28.6. The molecule has 3 rings (SSSR count). The van der Waals surface area contributed by atoms with Crippen LogP contribution in [0.2, 0.25) is 0 Å². The van der Waals surface area contributed by atoms with Crippen LogP contribution < -0.4 is 14.4 Å². The molecule has 3 aromatic carbocycles. The average Bonchev–Trinajstić information content (AvgIpc) is 2.91. The molecule has 0 aromatic heterocycles. The van der Waals surface area contributed by atoms with Crippen LogP contribution in [0.3, 0.4) is 0 Å². The van der Waals surface area contributed by atoms with E-state index in [0.717, 1.165) is 26.4 Å². The van der Waals surface area contributed by atoms with Gasteiger partial charge in [0.2, 0.25) is 0 Å². The molecule has 202 valence electrons. The smallest absolute Gasteiger partial charge is 0.491 e. The number of alkyl halides is 3. The summed E-state index contributed by atoms with van der Waals surface area (Å²) < 4.78 is 52.1. The maximum Gasteiger partial charge on any atom is 0.573 e. The van der Waals surface area contributed by atoms with E-state index >= 15 is 0 Å². The molecule has 0 aliphatic carbocycles. The van der Waals surface area contributed by atoms with Gasteiger partial charge in [-0.25, -0.2) is 4.79 Å². The first-order chi connectivity index (χ1) is 18.2. The number of amides is 1. The number of esters is 1. The second-order valence-corrected chi connectivity index (χ2v) is 8.49. The van der Waals surface area contributed by atoms with E-state index in [9.17, 15) is 22.8 Å². The van der Waals surface area contributed by atoms with Crippen LogP contribution in [-0.2, 0) is 20.7 Å². The summed E-state index contributed by atoms with van der Waals surface area (Å²) in [5.41, 5.74) is 2.76. The van der Waals surface area contributed by atoms with Crippen molar-refractivity contribution in [3.05, 3.63) is 78.4 Å². The van der Waals surface area contributed by atoms with Gasteiger partial charge in [-0.05, 0) is 66.6 Å². The third-order valence-electron chi connectivity index (χ3n) is 5.68. The molecule has 0 N–H and O–H groups in total. The van der Waals surface area contributed by atoms with E-state index in [0.29, 0.717) is 35.6 Å². The highest BCUT2D eigenvalue weighted by atomic mass is 19.4. The van der Waals surface area contributed by atoms with Crippen molar-refractivity contribution in [1.29, 1.82) is 0 Å². The summed E-state index contributed by atoms with van der Waals surface area (Å²) in [7, 11) is 1.14. The Balaban J connectivity index is 1.90. The first-order valence-electron chi connectivity index (χ1n) is 12.3. The van der Waals surface area contributed by atoms with Crippen molar-refractivity contribution in [2.45, 2.75) is 39.0 Å². The number of carbonyl (C=O) groups excluding carboxylic acids is 2. The summed E-state index contributed by atoms with van der Waals surface area (Å²) in [6.07, 6.45) is -1.86. The zero-order valence-electron chi connectivity index (χ0n) is 21.3. The molecule has 0 fully saturated rings. The van der Waals surface area contributed by atoms with Crippen LogP contribution in [0.25, 0.3) is 11.1 Å². The van der Waals surface area contributed by atoms with Crippen molar-refractivity contribution in [2.75, 3.05) is 25.2 Å². The highest BCUT2D eigenvalue weighted by Crippen LogP contribution is 2.35. The molecule has 1 amide bonds. The van der Waals surface area contributed by atoms with Crippen molar-refractivity contribution >= 4 is 17.6 Å². The summed E-state index contributed by atoms with van der Waals surface area (Å²) in [6.45, 7) is 2.58. The largest absolute Gasteiger partial charge is 0.573 e. The van der Waals surface area contributed by atoms with Gasteiger partial charge >= 0.3 is 18.2 Å². The van der Waals surface area contributed by atoms with E-state index in [1.807, 2.05) is 37.3 Å². The topological polar surface area (TPSA) is 65.1 Å². The number of anilines is 1. The maximum atomic E-state index is 13.1. The molecule has 0 bridgehead atoms. The number of hydrogen-bond donors (Lipinski definition) is 0. The Hall–Kier alpha value is -4.01. The zero-order chi connectivity index (χ0) is 27.5. The van der Waals surface area contributed by atoms with Gasteiger partial charge in [0.25, 0.3) is 0 Å². The second kappa shape index (κ2) is 13.5. The highest BCUT2D eigenvalue weighted by Gasteiger charge is 2.31. The fourth-order valence-corrected chi connectivity index (χ4v) is 3.86. The summed E-state index contributed by atoms with van der Waals surface area (Å²) in [5.74, 6) is -1.77. The summed E-state index contributed by atoms with van der Waals surface area (Å²) in [4.78, 5) is 26.7. The van der Waals surface area contributed by atoms with Gasteiger partial charge in [-0.3, -0.25) is 9.69 Å². The van der Waals surface area contributed by atoms with Crippen molar-refractivity contribution in [3.63, 3.8) is 0 Å². The fourth-order valence-electron chi connectivity index (χ4n) is 3.86. The number of aryl methyl sites for hydroxylation is 1. The van der Waals surface area contributed by atoms with Gasteiger partial charge in [0, 0.05) is 6.54 Å². The van der Waals surface area contributed by atoms with Gasteiger partial charge in [0.15, 0.2) is 0 Å². The van der Waals surface area contributed by atoms with Crippen LogP contribution in [0.1, 0.15) is 31.7 Å². The van der Waals surface area contributed by atoms with Crippen LogP contribution in [0.15, 0.2) is 72.8 Å². The Kier molecular flexibility index (Phi) is 10.2. The number of hydrogen-bond acceptors (Lipinski definition) is 5. The maximum absolute atomic E-state index is 13.1. The third-order valence-corrected chi connectivity index (χ3v) is 5.68. The monoisotopic (exact) mass is 529 g/mol. The number of benzene rings is 3. The van der Waals surface area contributed by atoms with Gasteiger partial charge in [-0.1, -0.05) is 55.5 Å². The van der Waals surface area contributed by atoms with Crippen molar-refractivity contribution in [1.82, 2.24) is 0 Å². The Morgan fingerprint density at radius 2 is 1.58 bits per heavy atom. The molecule has 38 heavy (non-hydrogen) atoms. The van der Waals surface area contributed by atoms with Crippen LogP contribution in [-0.4, -0.2) is 38.5 Å². The summed E-state index contributed by atoms with van der Waals surface area (Å²) >= 11 is 0. The van der Waals surface area contributed by atoms with E-state index in [4.69, 9.17) is 9.47 Å². The SMILES string of the molecule is CCCOc1ccc(-c2ccc(OC(F)(F)F)cc2)cc1N(CCCCc1ccccc1)C(=O)C(=O)OC. The first-order valence-corrected chi connectivity index (χ1v) is 12.3. The Bertz CT molecular complexity index is 1200. The molecular formula is C29H30F3NO5. The van der Waals surface area contributed by atoms with E-state index in [1.165, 1.54) is 34.7 Å². The van der Waals surface area contributed by atoms with Gasteiger partial charge in [-0.2, -0.15) is 0 Å². The lowest BCUT2D eigenvalue weighted by atomic mass is 10.0. The molecule has 6 nitrogen and oxygen atoms in total. The Morgan fingerprint density at radius 1 is 0.895 bits per heavy atom. The molecule has 0 saturated heterocycles. The molecule has 0 heterocycles.